The molecule has 100 valence electrons. The Morgan fingerprint density at radius 1 is 1.50 bits per heavy atom. The molecule has 0 spiro atoms. The van der Waals surface area contributed by atoms with Crippen LogP contribution in [0.5, 0.6) is 5.75 Å². The van der Waals surface area contributed by atoms with Crippen LogP contribution >= 0.6 is 15.9 Å². The van der Waals surface area contributed by atoms with Crippen molar-refractivity contribution < 1.29 is 9.47 Å². The number of fused-ring (bicyclic) bond motifs is 1. The predicted molar refractivity (Wildman–Crippen MR) is 76.1 cm³/mol. The maximum atomic E-state index is 6.18. The molecular formula is C14H20BrNO2. The van der Waals surface area contributed by atoms with Gasteiger partial charge in [-0.15, -0.1) is 0 Å². The van der Waals surface area contributed by atoms with Crippen LogP contribution in [-0.2, 0) is 17.6 Å². The molecule has 1 heterocycles. The second kappa shape index (κ2) is 6.04. The highest BCUT2D eigenvalue weighted by Gasteiger charge is 2.21. The van der Waals surface area contributed by atoms with Crippen molar-refractivity contribution in [2.75, 3.05) is 13.2 Å². The normalized spacial score (nSPS) is 17.1. The molecule has 0 saturated heterocycles. The Kier molecular flexibility index (Phi) is 4.65. The Bertz CT molecular complexity index is 423. The van der Waals surface area contributed by atoms with Crippen LogP contribution in [0, 0.1) is 0 Å². The van der Waals surface area contributed by atoms with E-state index in [2.05, 4.69) is 28.1 Å². The molecule has 0 radical (unpaired) electrons. The van der Waals surface area contributed by atoms with Crippen LogP contribution in [0.25, 0.3) is 0 Å². The van der Waals surface area contributed by atoms with Gasteiger partial charge in [-0.05, 0) is 43.5 Å². The molecule has 1 aliphatic heterocycles. The monoisotopic (exact) mass is 313 g/mol. The van der Waals surface area contributed by atoms with Crippen molar-refractivity contribution in [3.63, 3.8) is 0 Å². The first-order valence-corrected chi connectivity index (χ1v) is 7.22. The highest BCUT2D eigenvalue weighted by molar-refractivity contribution is 9.10. The highest BCUT2D eigenvalue weighted by Crippen LogP contribution is 2.33. The fourth-order valence-electron chi connectivity index (χ4n) is 2.30. The first-order valence-electron chi connectivity index (χ1n) is 6.43. The molecular weight excluding hydrogens is 294 g/mol. The molecule has 18 heavy (non-hydrogen) atoms. The minimum absolute atomic E-state index is 0.00690. The molecule has 0 bridgehead atoms. The van der Waals surface area contributed by atoms with Crippen molar-refractivity contribution >= 4 is 15.9 Å². The number of nitrogens with two attached hydrogens (primary N) is 1. The molecule has 2 atom stereocenters. The van der Waals surface area contributed by atoms with Gasteiger partial charge in [0.05, 0.1) is 12.7 Å². The molecule has 1 aromatic rings. The summed E-state index contributed by atoms with van der Waals surface area (Å²) in [6.45, 7) is 5.48. The van der Waals surface area contributed by atoms with Crippen molar-refractivity contribution in [1.82, 2.24) is 0 Å². The van der Waals surface area contributed by atoms with E-state index >= 15 is 0 Å². The first-order chi connectivity index (χ1) is 8.61. The zero-order valence-corrected chi connectivity index (χ0v) is 12.5. The third-order valence-electron chi connectivity index (χ3n) is 3.31. The van der Waals surface area contributed by atoms with Gasteiger partial charge in [-0.3, -0.25) is 0 Å². The number of ether oxygens (including phenoxy) is 2. The maximum absolute atomic E-state index is 6.18. The van der Waals surface area contributed by atoms with Crippen LogP contribution in [0.4, 0.5) is 0 Å². The Morgan fingerprint density at radius 3 is 3.00 bits per heavy atom. The van der Waals surface area contributed by atoms with Gasteiger partial charge in [0.1, 0.15) is 5.75 Å². The Labute approximate surface area is 117 Å². The van der Waals surface area contributed by atoms with Crippen LogP contribution in [0.2, 0.25) is 0 Å². The first kappa shape index (κ1) is 13.8. The minimum Gasteiger partial charge on any atom is -0.493 e. The Morgan fingerprint density at radius 2 is 2.28 bits per heavy atom. The number of benzene rings is 1. The summed E-state index contributed by atoms with van der Waals surface area (Å²) >= 11 is 3.55. The van der Waals surface area contributed by atoms with Crippen molar-refractivity contribution in [3.8, 4) is 5.75 Å². The Balaban J connectivity index is 2.14. The molecule has 0 aromatic heterocycles. The third-order valence-corrected chi connectivity index (χ3v) is 3.77. The fourth-order valence-corrected chi connectivity index (χ4v) is 2.86. The molecule has 0 amide bonds. The maximum Gasteiger partial charge on any atom is 0.125 e. The lowest BCUT2D eigenvalue weighted by atomic mass is 9.99. The van der Waals surface area contributed by atoms with Crippen molar-refractivity contribution in [3.05, 3.63) is 27.7 Å². The van der Waals surface area contributed by atoms with E-state index in [9.17, 15) is 0 Å². The van der Waals surface area contributed by atoms with Crippen LogP contribution < -0.4 is 10.5 Å². The van der Waals surface area contributed by atoms with Crippen molar-refractivity contribution in [1.29, 1.82) is 0 Å². The standard InChI is InChI=1S/C14H20BrNO2/c1-3-17-9(2)13(16)8-11-7-12(15)6-10-4-5-18-14(10)11/h6-7,9,13H,3-5,8,16H2,1-2H3. The number of hydrogen-bond acceptors (Lipinski definition) is 3. The minimum atomic E-state index is -0.00690. The van der Waals surface area contributed by atoms with Gasteiger partial charge in [0.15, 0.2) is 0 Å². The zero-order valence-electron chi connectivity index (χ0n) is 10.9. The van der Waals surface area contributed by atoms with Crippen LogP contribution in [0.15, 0.2) is 16.6 Å². The number of halogens is 1. The quantitative estimate of drug-likeness (QED) is 0.909. The predicted octanol–water partition coefficient (Wildman–Crippen LogP) is 2.68. The van der Waals surface area contributed by atoms with Crippen molar-refractivity contribution in [2.45, 2.75) is 38.8 Å². The summed E-state index contributed by atoms with van der Waals surface area (Å²) in [6.07, 6.45) is 1.83. The van der Waals surface area contributed by atoms with Crippen LogP contribution in [-0.4, -0.2) is 25.4 Å². The molecule has 0 fully saturated rings. The number of hydrogen-bond donors (Lipinski definition) is 1. The summed E-state index contributed by atoms with van der Waals surface area (Å²) in [4.78, 5) is 0. The van der Waals surface area contributed by atoms with Crippen molar-refractivity contribution in [2.24, 2.45) is 5.73 Å². The van der Waals surface area contributed by atoms with Crippen LogP contribution in [0.3, 0.4) is 0 Å². The molecule has 4 heteroatoms. The second-order valence-electron chi connectivity index (χ2n) is 4.68. The SMILES string of the molecule is CCOC(C)C(N)Cc1cc(Br)cc2c1OCC2. The van der Waals surface area contributed by atoms with Gasteiger partial charge >= 0.3 is 0 Å². The lowest BCUT2D eigenvalue weighted by molar-refractivity contribution is 0.0576. The van der Waals surface area contributed by atoms with Crippen LogP contribution in [0.1, 0.15) is 25.0 Å². The smallest absolute Gasteiger partial charge is 0.125 e. The topological polar surface area (TPSA) is 44.5 Å². The van der Waals surface area contributed by atoms with E-state index in [1.165, 1.54) is 11.1 Å². The molecule has 2 N–H and O–H groups in total. The van der Waals surface area contributed by atoms with Gasteiger partial charge in [0.25, 0.3) is 0 Å². The molecule has 2 unspecified atom stereocenters. The zero-order chi connectivity index (χ0) is 13.1. The van der Waals surface area contributed by atoms with Gasteiger partial charge in [-0.25, -0.2) is 0 Å². The summed E-state index contributed by atoms with van der Waals surface area (Å²) in [6, 6.07) is 4.22. The fraction of sp³-hybridized carbons (Fsp3) is 0.571. The van der Waals surface area contributed by atoms with E-state index in [1.807, 2.05) is 13.8 Å². The molecule has 0 saturated carbocycles. The Hall–Kier alpha value is -0.580. The van der Waals surface area contributed by atoms with E-state index in [0.29, 0.717) is 6.61 Å². The van der Waals surface area contributed by atoms with E-state index in [1.54, 1.807) is 0 Å². The summed E-state index contributed by atoms with van der Waals surface area (Å²) in [7, 11) is 0. The van der Waals surface area contributed by atoms with E-state index in [4.69, 9.17) is 15.2 Å². The molecule has 1 aromatic carbocycles. The largest absolute Gasteiger partial charge is 0.493 e. The molecule has 1 aliphatic rings. The average molecular weight is 314 g/mol. The summed E-state index contributed by atoms with van der Waals surface area (Å²) in [5.41, 5.74) is 8.63. The molecule has 3 nitrogen and oxygen atoms in total. The van der Waals surface area contributed by atoms with Gasteiger partial charge in [-0.2, -0.15) is 0 Å². The summed E-state index contributed by atoms with van der Waals surface area (Å²) < 4.78 is 12.4. The van der Waals surface area contributed by atoms with Gasteiger partial charge < -0.3 is 15.2 Å². The average Bonchev–Trinajstić information content (AvgIpc) is 2.77. The van der Waals surface area contributed by atoms with E-state index in [0.717, 1.165) is 29.7 Å². The highest BCUT2D eigenvalue weighted by atomic mass is 79.9. The van der Waals surface area contributed by atoms with Gasteiger partial charge in [0, 0.05) is 23.5 Å². The summed E-state index contributed by atoms with van der Waals surface area (Å²) in [5.74, 6) is 1.03. The molecule has 0 aliphatic carbocycles. The second-order valence-corrected chi connectivity index (χ2v) is 5.60. The lowest BCUT2D eigenvalue weighted by Crippen LogP contribution is -2.36. The van der Waals surface area contributed by atoms with Gasteiger partial charge in [0.2, 0.25) is 0 Å². The van der Waals surface area contributed by atoms with E-state index in [-0.39, 0.29) is 12.1 Å². The van der Waals surface area contributed by atoms with E-state index < -0.39 is 0 Å². The lowest BCUT2D eigenvalue weighted by Gasteiger charge is -2.21. The molecule has 2 rings (SSSR count). The summed E-state index contributed by atoms with van der Waals surface area (Å²) in [5, 5.41) is 0. The number of rotatable bonds is 5. The van der Waals surface area contributed by atoms with Gasteiger partial charge in [-0.1, -0.05) is 15.9 Å². The third kappa shape index (κ3) is 3.05.